The summed E-state index contributed by atoms with van der Waals surface area (Å²) in [6.45, 7) is 2.24. The molecule has 2 rings (SSSR count). The normalized spacial score (nSPS) is 11.7. The predicted octanol–water partition coefficient (Wildman–Crippen LogP) is 4.50. The summed E-state index contributed by atoms with van der Waals surface area (Å²) in [5.74, 6) is 0.424. The van der Waals surface area contributed by atoms with Gasteiger partial charge in [0.1, 0.15) is 11.6 Å². The molecule has 24 heavy (non-hydrogen) atoms. The minimum atomic E-state index is -0.292. The molecule has 0 saturated carbocycles. The zero-order valence-corrected chi connectivity index (χ0v) is 15.4. The average molecular weight is 395 g/mol. The minimum absolute atomic E-state index is 0.171. The van der Waals surface area contributed by atoms with Crippen LogP contribution < -0.4 is 10.1 Å². The maximum Gasteiger partial charge on any atom is 0.317 e. The van der Waals surface area contributed by atoms with Gasteiger partial charge in [0, 0.05) is 23.6 Å². The second kappa shape index (κ2) is 8.15. The molecule has 0 fully saturated rings. The number of urea groups is 1. The lowest BCUT2D eigenvalue weighted by molar-refractivity contribution is 0.194. The Hall–Kier alpha value is -2.08. The number of methoxy groups -OCH3 is 1. The molecule has 128 valence electrons. The molecule has 0 bridgehead atoms. The molecule has 4 nitrogen and oxygen atoms in total. The fourth-order valence-corrected chi connectivity index (χ4v) is 2.73. The predicted molar refractivity (Wildman–Crippen MR) is 95.5 cm³/mol. The Balaban J connectivity index is 2.01. The average Bonchev–Trinajstić information content (AvgIpc) is 2.59. The number of nitrogens with zero attached hydrogens (tertiary/aromatic N) is 1. The maximum absolute atomic E-state index is 13.0. The van der Waals surface area contributed by atoms with Gasteiger partial charge in [-0.25, -0.2) is 9.18 Å². The van der Waals surface area contributed by atoms with Crippen LogP contribution in [-0.2, 0) is 6.54 Å². The van der Waals surface area contributed by atoms with E-state index in [9.17, 15) is 9.18 Å². The highest BCUT2D eigenvalue weighted by Gasteiger charge is 2.17. The molecular formula is C18H20BrFN2O2. The van der Waals surface area contributed by atoms with E-state index in [-0.39, 0.29) is 17.9 Å². The van der Waals surface area contributed by atoms with Gasteiger partial charge in [0.25, 0.3) is 0 Å². The molecule has 0 radical (unpaired) electrons. The Morgan fingerprint density at radius 3 is 2.58 bits per heavy atom. The molecule has 0 aromatic heterocycles. The molecule has 0 heterocycles. The van der Waals surface area contributed by atoms with Crippen molar-refractivity contribution in [1.29, 1.82) is 0 Å². The molecular weight excluding hydrogens is 375 g/mol. The number of carbonyl (C=O) groups excluding carboxylic acids is 1. The van der Waals surface area contributed by atoms with Crippen LogP contribution in [0.15, 0.2) is 46.9 Å². The molecule has 1 atom stereocenters. The SMILES string of the molecule is COc1ccc(Br)cc1CNC(=O)N(C)C(C)c1ccc(F)cc1. The van der Waals surface area contributed by atoms with E-state index in [2.05, 4.69) is 21.2 Å². The summed E-state index contributed by atoms with van der Waals surface area (Å²) in [5.41, 5.74) is 1.75. The van der Waals surface area contributed by atoms with Crippen molar-refractivity contribution in [3.8, 4) is 5.75 Å². The topological polar surface area (TPSA) is 41.6 Å². The molecule has 2 amide bonds. The molecule has 0 aliphatic heterocycles. The summed E-state index contributed by atoms with van der Waals surface area (Å²) in [7, 11) is 3.30. The van der Waals surface area contributed by atoms with E-state index in [4.69, 9.17) is 4.74 Å². The highest BCUT2D eigenvalue weighted by Crippen LogP contribution is 2.23. The van der Waals surface area contributed by atoms with E-state index >= 15 is 0 Å². The molecule has 0 spiro atoms. The molecule has 0 saturated heterocycles. The van der Waals surface area contributed by atoms with Crippen LogP contribution >= 0.6 is 15.9 Å². The van der Waals surface area contributed by atoms with Gasteiger partial charge >= 0.3 is 6.03 Å². The fraction of sp³-hybridized carbons (Fsp3) is 0.278. The zero-order valence-electron chi connectivity index (χ0n) is 13.8. The lowest BCUT2D eigenvalue weighted by atomic mass is 10.1. The van der Waals surface area contributed by atoms with Crippen LogP contribution in [0.25, 0.3) is 0 Å². The van der Waals surface area contributed by atoms with Crippen LogP contribution in [0.4, 0.5) is 9.18 Å². The number of nitrogens with one attached hydrogen (secondary N) is 1. The van der Waals surface area contributed by atoms with Gasteiger partial charge < -0.3 is 15.0 Å². The number of benzene rings is 2. The molecule has 1 N–H and O–H groups in total. The Morgan fingerprint density at radius 1 is 1.29 bits per heavy atom. The number of amides is 2. The van der Waals surface area contributed by atoms with Crippen LogP contribution in [0, 0.1) is 5.82 Å². The second-order valence-electron chi connectivity index (χ2n) is 5.45. The van der Waals surface area contributed by atoms with E-state index in [0.29, 0.717) is 12.3 Å². The number of carbonyl (C=O) groups is 1. The molecule has 0 aliphatic rings. The Bertz CT molecular complexity index is 707. The summed E-state index contributed by atoms with van der Waals surface area (Å²) < 4.78 is 19.2. The number of ether oxygens (including phenoxy) is 1. The standard InChI is InChI=1S/C18H20BrFN2O2/c1-12(13-4-7-16(20)8-5-13)22(2)18(23)21-11-14-10-15(19)6-9-17(14)24-3/h4-10,12H,11H2,1-3H3,(H,21,23). The van der Waals surface area contributed by atoms with Gasteiger partial charge in [-0.1, -0.05) is 28.1 Å². The van der Waals surface area contributed by atoms with Crippen LogP contribution in [0.2, 0.25) is 0 Å². The van der Waals surface area contributed by atoms with E-state index < -0.39 is 0 Å². The van der Waals surface area contributed by atoms with Gasteiger partial charge in [-0.05, 0) is 42.8 Å². The van der Waals surface area contributed by atoms with Crippen LogP contribution in [0.1, 0.15) is 24.1 Å². The van der Waals surface area contributed by atoms with Crippen molar-refractivity contribution >= 4 is 22.0 Å². The van der Waals surface area contributed by atoms with Crippen molar-refractivity contribution in [1.82, 2.24) is 10.2 Å². The fourth-order valence-electron chi connectivity index (χ4n) is 2.32. The third-order valence-corrected chi connectivity index (χ3v) is 4.42. The quantitative estimate of drug-likeness (QED) is 0.810. The first-order valence-electron chi connectivity index (χ1n) is 7.51. The van der Waals surface area contributed by atoms with Gasteiger partial charge in [0.2, 0.25) is 0 Å². The number of hydrogen-bond donors (Lipinski definition) is 1. The van der Waals surface area contributed by atoms with Crippen LogP contribution in [0.3, 0.4) is 0 Å². The largest absolute Gasteiger partial charge is 0.496 e. The van der Waals surface area contributed by atoms with E-state index in [1.807, 2.05) is 25.1 Å². The van der Waals surface area contributed by atoms with Crippen molar-refractivity contribution in [3.05, 3.63) is 63.9 Å². The van der Waals surface area contributed by atoms with Crippen molar-refractivity contribution < 1.29 is 13.9 Å². The molecule has 2 aromatic carbocycles. The van der Waals surface area contributed by atoms with Gasteiger partial charge in [-0.3, -0.25) is 0 Å². The van der Waals surface area contributed by atoms with Crippen molar-refractivity contribution in [3.63, 3.8) is 0 Å². The smallest absolute Gasteiger partial charge is 0.317 e. The summed E-state index contributed by atoms with van der Waals surface area (Å²) >= 11 is 3.41. The Labute approximate surface area is 149 Å². The highest BCUT2D eigenvalue weighted by molar-refractivity contribution is 9.10. The molecule has 0 aliphatic carbocycles. The highest BCUT2D eigenvalue weighted by atomic mass is 79.9. The summed E-state index contributed by atoms with van der Waals surface area (Å²) in [4.78, 5) is 14.0. The van der Waals surface area contributed by atoms with Crippen molar-refractivity contribution in [2.24, 2.45) is 0 Å². The van der Waals surface area contributed by atoms with E-state index in [1.54, 1.807) is 31.2 Å². The van der Waals surface area contributed by atoms with Crippen molar-refractivity contribution in [2.45, 2.75) is 19.5 Å². The maximum atomic E-state index is 13.0. The zero-order chi connectivity index (χ0) is 17.7. The van der Waals surface area contributed by atoms with Gasteiger partial charge in [-0.15, -0.1) is 0 Å². The summed E-state index contributed by atoms with van der Waals surface area (Å²) in [6, 6.07) is 11.4. The Kier molecular flexibility index (Phi) is 6.20. The number of rotatable bonds is 5. The first kappa shape index (κ1) is 18.3. The summed E-state index contributed by atoms with van der Waals surface area (Å²) in [5, 5.41) is 2.87. The monoisotopic (exact) mass is 394 g/mol. The van der Waals surface area contributed by atoms with Gasteiger partial charge in [0.05, 0.1) is 13.2 Å². The third kappa shape index (κ3) is 4.47. The number of hydrogen-bond acceptors (Lipinski definition) is 2. The molecule has 6 heteroatoms. The molecule has 1 unspecified atom stereocenters. The van der Waals surface area contributed by atoms with Crippen LogP contribution in [0.5, 0.6) is 5.75 Å². The van der Waals surface area contributed by atoms with E-state index in [0.717, 1.165) is 15.6 Å². The number of halogens is 2. The minimum Gasteiger partial charge on any atom is -0.496 e. The van der Waals surface area contributed by atoms with Gasteiger partial charge in [-0.2, -0.15) is 0 Å². The Morgan fingerprint density at radius 2 is 1.96 bits per heavy atom. The van der Waals surface area contributed by atoms with Crippen molar-refractivity contribution in [2.75, 3.05) is 14.2 Å². The van der Waals surface area contributed by atoms with E-state index in [1.165, 1.54) is 12.1 Å². The summed E-state index contributed by atoms with van der Waals surface area (Å²) in [6.07, 6.45) is 0. The van der Waals surface area contributed by atoms with Gasteiger partial charge in [0.15, 0.2) is 0 Å². The lowest BCUT2D eigenvalue weighted by Gasteiger charge is -2.25. The third-order valence-electron chi connectivity index (χ3n) is 3.93. The first-order chi connectivity index (χ1) is 11.4. The first-order valence-corrected chi connectivity index (χ1v) is 8.30. The molecule has 2 aromatic rings. The van der Waals surface area contributed by atoms with Crippen LogP contribution in [-0.4, -0.2) is 25.1 Å². The lowest BCUT2D eigenvalue weighted by Crippen LogP contribution is -2.38. The second-order valence-corrected chi connectivity index (χ2v) is 6.37.